The molecule has 1 aliphatic rings. The average Bonchev–Trinajstić information content (AvgIpc) is 2.79. The first-order valence-corrected chi connectivity index (χ1v) is 7.11. The van der Waals surface area contributed by atoms with Gasteiger partial charge in [-0.05, 0) is 37.8 Å². The highest BCUT2D eigenvalue weighted by Crippen LogP contribution is 2.22. The molecule has 2 rings (SSSR count). The van der Waals surface area contributed by atoms with E-state index in [1.165, 1.54) is 44.3 Å². The van der Waals surface area contributed by atoms with Crippen LogP contribution in [0.2, 0.25) is 0 Å². The van der Waals surface area contributed by atoms with E-state index in [1.807, 2.05) is 6.20 Å². The minimum absolute atomic E-state index is 0.909. The second kappa shape index (κ2) is 6.80. The molecule has 0 saturated heterocycles. The maximum absolute atomic E-state index is 4.35. The number of rotatable bonds is 6. The summed E-state index contributed by atoms with van der Waals surface area (Å²) in [6.07, 6.45) is 10.2. The van der Waals surface area contributed by atoms with Gasteiger partial charge >= 0.3 is 0 Å². The van der Waals surface area contributed by atoms with Crippen molar-refractivity contribution in [3.05, 3.63) is 18.0 Å². The van der Waals surface area contributed by atoms with Crippen LogP contribution in [0.3, 0.4) is 0 Å². The fourth-order valence-electron chi connectivity index (χ4n) is 2.72. The number of hydrogen-bond donors (Lipinski definition) is 1. The molecular formula is C14H25N3. The molecule has 3 heteroatoms. The third kappa shape index (κ3) is 3.84. The third-order valence-corrected chi connectivity index (χ3v) is 3.70. The maximum Gasteiger partial charge on any atom is 0.0522 e. The summed E-state index contributed by atoms with van der Waals surface area (Å²) in [7, 11) is 0. The van der Waals surface area contributed by atoms with Crippen LogP contribution in [0, 0.1) is 5.92 Å². The third-order valence-electron chi connectivity index (χ3n) is 3.70. The van der Waals surface area contributed by atoms with Gasteiger partial charge < -0.3 is 5.32 Å². The standard InChI is InChI=1S/C14H25N3/c1-2-10-17-14(8-9-16-17)12-15-11-13-6-4-3-5-7-13/h8-9,13,15H,2-7,10-12H2,1H3. The molecule has 0 radical (unpaired) electrons. The Kier molecular flexibility index (Phi) is 5.05. The zero-order valence-corrected chi connectivity index (χ0v) is 11.0. The molecular weight excluding hydrogens is 210 g/mol. The minimum atomic E-state index is 0.909. The van der Waals surface area contributed by atoms with Gasteiger partial charge in [-0.2, -0.15) is 5.10 Å². The van der Waals surface area contributed by atoms with Gasteiger partial charge in [-0.1, -0.05) is 26.2 Å². The SMILES string of the molecule is CCCn1nccc1CNCC1CCCCC1. The van der Waals surface area contributed by atoms with E-state index in [4.69, 9.17) is 0 Å². The van der Waals surface area contributed by atoms with Gasteiger partial charge in [-0.15, -0.1) is 0 Å². The molecule has 0 aliphatic heterocycles. The van der Waals surface area contributed by atoms with Crippen LogP contribution >= 0.6 is 0 Å². The lowest BCUT2D eigenvalue weighted by Crippen LogP contribution is -2.25. The monoisotopic (exact) mass is 235 g/mol. The van der Waals surface area contributed by atoms with Crippen LogP contribution in [0.15, 0.2) is 12.3 Å². The van der Waals surface area contributed by atoms with Gasteiger partial charge in [0.1, 0.15) is 0 Å². The first-order valence-electron chi connectivity index (χ1n) is 7.11. The Labute approximate surface area is 105 Å². The first kappa shape index (κ1) is 12.6. The Morgan fingerprint density at radius 1 is 1.35 bits per heavy atom. The molecule has 0 aromatic carbocycles. The first-order chi connectivity index (χ1) is 8.40. The van der Waals surface area contributed by atoms with Gasteiger partial charge in [-0.25, -0.2) is 0 Å². The highest BCUT2D eigenvalue weighted by Gasteiger charge is 2.12. The molecule has 1 saturated carbocycles. The Bertz CT molecular complexity index is 313. The summed E-state index contributed by atoms with van der Waals surface area (Å²) < 4.78 is 2.12. The highest BCUT2D eigenvalue weighted by molar-refractivity contribution is 5.00. The van der Waals surface area contributed by atoms with E-state index in [0.29, 0.717) is 0 Å². The van der Waals surface area contributed by atoms with Gasteiger partial charge in [0, 0.05) is 19.3 Å². The molecule has 0 amide bonds. The van der Waals surface area contributed by atoms with E-state index in [-0.39, 0.29) is 0 Å². The molecule has 1 fully saturated rings. The molecule has 1 aromatic rings. The van der Waals surface area contributed by atoms with Crippen molar-refractivity contribution in [1.29, 1.82) is 0 Å². The van der Waals surface area contributed by atoms with Gasteiger partial charge in [0.15, 0.2) is 0 Å². The molecule has 0 unspecified atom stereocenters. The van der Waals surface area contributed by atoms with E-state index in [2.05, 4.69) is 28.1 Å². The largest absolute Gasteiger partial charge is 0.311 e. The predicted octanol–water partition coefficient (Wildman–Crippen LogP) is 2.96. The Morgan fingerprint density at radius 2 is 2.18 bits per heavy atom. The summed E-state index contributed by atoms with van der Waals surface area (Å²) in [5.74, 6) is 0.909. The fraction of sp³-hybridized carbons (Fsp3) is 0.786. The molecule has 0 spiro atoms. The van der Waals surface area contributed by atoms with Gasteiger partial charge in [-0.3, -0.25) is 4.68 Å². The summed E-state index contributed by atoms with van der Waals surface area (Å²) in [5, 5.41) is 7.94. The smallest absolute Gasteiger partial charge is 0.0522 e. The molecule has 0 bridgehead atoms. The van der Waals surface area contributed by atoms with Crippen molar-refractivity contribution in [2.45, 2.75) is 58.5 Å². The zero-order chi connectivity index (χ0) is 11.9. The second-order valence-corrected chi connectivity index (χ2v) is 5.18. The number of aromatic nitrogens is 2. The van der Waals surface area contributed by atoms with Gasteiger partial charge in [0.2, 0.25) is 0 Å². The highest BCUT2D eigenvalue weighted by atomic mass is 15.3. The summed E-state index contributed by atoms with van der Waals surface area (Å²) in [5.41, 5.74) is 1.32. The van der Waals surface area contributed by atoms with Crippen LogP contribution in [0.1, 0.15) is 51.1 Å². The Morgan fingerprint density at radius 3 is 2.94 bits per heavy atom. The molecule has 1 N–H and O–H groups in total. The van der Waals surface area contributed by atoms with Crippen LogP contribution < -0.4 is 5.32 Å². The lowest BCUT2D eigenvalue weighted by Gasteiger charge is -2.21. The second-order valence-electron chi connectivity index (χ2n) is 5.18. The fourth-order valence-corrected chi connectivity index (χ4v) is 2.72. The molecule has 1 heterocycles. The predicted molar refractivity (Wildman–Crippen MR) is 70.8 cm³/mol. The van der Waals surface area contributed by atoms with Crippen LogP contribution in [-0.4, -0.2) is 16.3 Å². The van der Waals surface area contributed by atoms with Crippen molar-refractivity contribution in [3.63, 3.8) is 0 Å². The van der Waals surface area contributed by atoms with Crippen molar-refractivity contribution in [1.82, 2.24) is 15.1 Å². The molecule has 3 nitrogen and oxygen atoms in total. The van der Waals surface area contributed by atoms with Crippen molar-refractivity contribution >= 4 is 0 Å². The number of nitrogens with zero attached hydrogens (tertiary/aromatic N) is 2. The van der Waals surface area contributed by atoms with Gasteiger partial charge in [0.05, 0.1) is 5.69 Å². The van der Waals surface area contributed by atoms with Crippen molar-refractivity contribution < 1.29 is 0 Å². The summed E-state index contributed by atoms with van der Waals surface area (Å²) in [4.78, 5) is 0. The summed E-state index contributed by atoms with van der Waals surface area (Å²) in [6, 6.07) is 2.13. The van der Waals surface area contributed by atoms with Crippen molar-refractivity contribution in [3.8, 4) is 0 Å². The van der Waals surface area contributed by atoms with Crippen LogP contribution in [-0.2, 0) is 13.1 Å². The summed E-state index contributed by atoms with van der Waals surface area (Å²) >= 11 is 0. The van der Waals surface area contributed by atoms with Crippen molar-refractivity contribution in [2.24, 2.45) is 5.92 Å². The Balaban J connectivity index is 1.71. The minimum Gasteiger partial charge on any atom is -0.311 e. The number of aryl methyl sites for hydroxylation is 1. The molecule has 0 atom stereocenters. The molecule has 1 aliphatic carbocycles. The lowest BCUT2D eigenvalue weighted by molar-refractivity contribution is 0.340. The summed E-state index contributed by atoms with van der Waals surface area (Å²) in [6.45, 7) is 5.38. The molecule has 1 aromatic heterocycles. The number of hydrogen-bond acceptors (Lipinski definition) is 2. The molecule has 17 heavy (non-hydrogen) atoms. The zero-order valence-electron chi connectivity index (χ0n) is 11.0. The Hall–Kier alpha value is -0.830. The van der Waals surface area contributed by atoms with Crippen LogP contribution in [0.5, 0.6) is 0 Å². The van der Waals surface area contributed by atoms with E-state index in [1.54, 1.807) is 0 Å². The van der Waals surface area contributed by atoms with E-state index >= 15 is 0 Å². The van der Waals surface area contributed by atoms with E-state index < -0.39 is 0 Å². The van der Waals surface area contributed by atoms with E-state index in [0.717, 1.165) is 25.4 Å². The van der Waals surface area contributed by atoms with Gasteiger partial charge in [0.25, 0.3) is 0 Å². The van der Waals surface area contributed by atoms with E-state index in [9.17, 15) is 0 Å². The van der Waals surface area contributed by atoms with Crippen LogP contribution in [0.25, 0.3) is 0 Å². The van der Waals surface area contributed by atoms with Crippen molar-refractivity contribution in [2.75, 3.05) is 6.54 Å². The molecule has 96 valence electrons. The number of nitrogens with one attached hydrogen (secondary N) is 1. The normalized spacial score (nSPS) is 17.5. The average molecular weight is 235 g/mol. The van der Waals surface area contributed by atoms with Crippen LogP contribution in [0.4, 0.5) is 0 Å². The maximum atomic E-state index is 4.35. The lowest BCUT2D eigenvalue weighted by atomic mass is 9.89. The quantitative estimate of drug-likeness (QED) is 0.821. The topological polar surface area (TPSA) is 29.9 Å².